The number of hydrogen-bond donors (Lipinski definition) is 3. The van der Waals surface area contributed by atoms with E-state index < -0.39 is 47.7 Å². The number of carbonyl (C=O) groups excluding carboxylic acids is 2. The molecule has 0 aromatic heterocycles. The number of amides is 3. The standard InChI is InChI=1S/C26H17ClF4N4O3/c27-18-6-5-14(28)11-15(18)22-21-16(23(36)34-22)9-13(7-8-32)10-19(21)33-24(37)35-12-25(38,26(29,30)31)17-3-1-2-4-20(17)35/h1-6,9-11,22,38H,7,12H2,(H,33,37)(H,34,36)/t22-,25-/m1/s1. The molecule has 5 rings (SSSR count). The first-order chi connectivity index (χ1) is 17.9. The van der Waals surface area contributed by atoms with Crippen molar-refractivity contribution in [3.63, 3.8) is 0 Å². The lowest BCUT2D eigenvalue weighted by Gasteiger charge is -2.27. The van der Waals surface area contributed by atoms with Crippen molar-refractivity contribution in [1.82, 2.24) is 5.32 Å². The van der Waals surface area contributed by atoms with Crippen molar-refractivity contribution in [3.05, 3.63) is 93.3 Å². The van der Waals surface area contributed by atoms with Crippen molar-refractivity contribution in [3.8, 4) is 6.07 Å². The highest BCUT2D eigenvalue weighted by atomic mass is 35.5. The molecule has 0 saturated heterocycles. The summed E-state index contributed by atoms with van der Waals surface area (Å²) < 4.78 is 55.6. The minimum absolute atomic E-state index is 0.0151. The number of carbonyl (C=O) groups is 2. The zero-order valence-electron chi connectivity index (χ0n) is 19.2. The number of β-amino-alcohol motifs (C(OH)–C–C–N with tert-alkyl or cyclic N) is 1. The summed E-state index contributed by atoms with van der Waals surface area (Å²) >= 11 is 6.27. The Morgan fingerprint density at radius 3 is 2.68 bits per heavy atom. The third-order valence-corrected chi connectivity index (χ3v) is 6.93. The number of urea groups is 1. The SMILES string of the molecule is N#CCc1cc(NC(=O)N2C[C@](O)(C(F)(F)F)c3ccccc32)c2c(c1)C(=O)N[C@@H]2c1cc(F)ccc1Cl. The molecule has 38 heavy (non-hydrogen) atoms. The summed E-state index contributed by atoms with van der Waals surface area (Å²) in [5, 5.41) is 25.1. The molecule has 3 aromatic carbocycles. The van der Waals surface area contributed by atoms with Crippen LogP contribution in [0.5, 0.6) is 0 Å². The van der Waals surface area contributed by atoms with Gasteiger partial charge in [0.15, 0.2) is 0 Å². The molecule has 2 aliphatic heterocycles. The number of nitriles is 1. The number of alkyl halides is 3. The predicted molar refractivity (Wildman–Crippen MR) is 129 cm³/mol. The van der Waals surface area contributed by atoms with Crippen molar-refractivity contribution in [1.29, 1.82) is 5.26 Å². The first kappa shape index (κ1) is 25.5. The van der Waals surface area contributed by atoms with Crippen LogP contribution in [0.1, 0.15) is 38.7 Å². The van der Waals surface area contributed by atoms with E-state index in [0.29, 0.717) is 5.56 Å². The second-order valence-corrected chi connectivity index (χ2v) is 9.31. The fraction of sp³-hybridized carbons (Fsp3) is 0.192. The number of hydrogen-bond acceptors (Lipinski definition) is 4. The first-order valence-corrected chi connectivity index (χ1v) is 11.6. The Balaban J connectivity index is 1.59. The highest BCUT2D eigenvalue weighted by Gasteiger charge is 2.61. The summed E-state index contributed by atoms with van der Waals surface area (Å²) in [5.41, 5.74) is -3.05. The lowest BCUT2D eigenvalue weighted by atomic mass is 9.94. The number of anilines is 2. The van der Waals surface area contributed by atoms with Gasteiger partial charge >= 0.3 is 12.2 Å². The van der Waals surface area contributed by atoms with E-state index in [4.69, 9.17) is 11.6 Å². The molecule has 194 valence electrons. The van der Waals surface area contributed by atoms with Gasteiger partial charge in [-0.2, -0.15) is 18.4 Å². The number of nitrogens with one attached hydrogen (secondary N) is 2. The van der Waals surface area contributed by atoms with E-state index in [-0.39, 0.29) is 39.5 Å². The average molecular weight is 545 g/mol. The van der Waals surface area contributed by atoms with Crippen LogP contribution in [0.2, 0.25) is 5.02 Å². The third-order valence-electron chi connectivity index (χ3n) is 6.58. The lowest BCUT2D eigenvalue weighted by Crippen LogP contribution is -2.48. The van der Waals surface area contributed by atoms with Gasteiger partial charge in [-0.1, -0.05) is 29.8 Å². The van der Waals surface area contributed by atoms with Crippen LogP contribution in [-0.2, 0) is 12.0 Å². The van der Waals surface area contributed by atoms with E-state index in [2.05, 4.69) is 10.6 Å². The number of para-hydroxylation sites is 1. The van der Waals surface area contributed by atoms with Crippen LogP contribution in [-0.4, -0.2) is 29.8 Å². The van der Waals surface area contributed by atoms with Crippen molar-refractivity contribution in [2.45, 2.75) is 24.2 Å². The summed E-state index contributed by atoms with van der Waals surface area (Å²) in [6, 6.07) is 11.5. The number of fused-ring (bicyclic) bond motifs is 2. The van der Waals surface area contributed by atoms with Crippen LogP contribution in [0.25, 0.3) is 0 Å². The Bertz CT molecular complexity index is 1540. The molecule has 2 heterocycles. The van der Waals surface area contributed by atoms with Crippen LogP contribution in [0.3, 0.4) is 0 Å². The van der Waals surface area contributed by atoms with Crippen molar-refractivity contribution >= 4 is 34.9 Å². The van der Waals surface area contributed by atoms with E-state index in [1.54, 1.807) is 0 Å². The van der Waals surface area contributed by atoms with Gasteiger partial charge in [0.05, 0.1) is 30.8 Å². The van der Waals surface area contributed by atoms with E-state index in [1.807, 2.05) is 6.07 Å². The first-order valence-electron chi connectivity index (χ1n) is 11.2. The van der Waals surface area contributed by atoms with Gasteiger partial charge < -0.3 is 15.7 Å². The van der Waals surface area contributed by atoms with Gasteiger partial charge in [-0.25, -0.2) is 9.18 Å². The molecular formula is C26H17ClF4N4O3. The largest absolute Gasteiger partial charge is 0.423 e. The van der Waals surface area contributed by atoms with Crippen LogP contribution in [0, 0.1) is 17.1 Å². The van der Waals surface area contributed by atoms with Crippen molar-refractivity contribution in [2.75, 3.05) is 16.8 Å². The van der Waals surface area contributed by atoms with E-state index in [1.165, 1.54) is 36.4 Å². The molecule has 3 amide bonds. The fourth-order valence-corrected chi connectivity index (χ4v) is 5.05. The van der Waals surface area contributed by atoms with E-state index in [9.17, 15) is 37.5 Å². The number of aliphatic hydroxyl groups is 1. The number of nitrogens with zero attached hydrogens (tertiary/aromatic N) is 2. The molecule has 12 heteroatoms. The van der Waals surface area contributed by atoms with Gasteiger partial charge in [-0.3, -0.25) is 9.69 Å². The Labute approximate surface area is 218 Å². The molecule has 2 atom stereocenters. The second-order valence-electron chi connectivity index (χ2n) is 8.90. The summed E-state index contributed by atoms with van der Waals surface area (Å²) in [4.78, 5) is 27.0. The van der Waals surface area contributed by atoms with Gasteiger partial charge in [0.2, 0.25) is 5.60 Å². The number of benzene rings is 3. The smallest absolute Gasteiger partial charge is 0.375 e. The molecule has 7 nitrogen and oxygen atoms in total. The molecule has 0 fully saturated rings. The summed E-state index contributed by atoms with van der Waals surface area (Å²) in [6.07, 6.45) is -5.20. The Morgan fingerprint density at radius 1 is 1.24 bits per heavy atom. The molecule has 0 unspecified atom stereocenters. The molecular weight excluding hydrogens is 528 g/mol. The van der Waals surface area contributed by atoms with Crippen molar-refractivity contribution in [2.24, 2.45) is 0 Å². The fourth-order valence-electron chi connectivity index (χ4n) is 4.82. The monoisotopic (exact) mass is 544 g/mol. The van der Waals surface area contributed by atoms with Crippen LogP contribution in [0.4, 0.5) is 33.7 Å². The van der Waals surface area contributed by atoms with Crippen LogP contribution >= 0.6 is 11.6 Å². The van der Waals surface area contributed by atoms with Gasteiger partial charge in [0.1, 0.15) is 5.82 Å². The molecule has 0 bridgehead atoms. The summed E-state index contributed by atoms with van der Waals surface area (Å²) in [7, 11) is 0. The van der Waals surface area contributed by atoms with E-state index >= 15 is 0 Å². The maximum absolute atomic E-state index is 14.1. The van der Waals surface area contributed by atoms with Gasteiger partial charge in [-0.05, 0) is 42.0 Å². The molecule has 0 radical (unpaired) electrons. The Hall–Kier alpha value is -4.14. The normalized spacial score (nSPS) is 20.0. The molecule has 2 aliphatic rings. The highest BCUT2D eigenvalue weighted by molar-refractivity contribution is 6.31. The molecule has 3 N–H and O–H groups in total. The summed E-state index contributed by atoms with van der Waals surface area (Å²) in [6.45, 7) is -1.10. The summed E-state index contributed by atoms with van der Waals surface area (Å²) in [5.74, 6) is -1.20. The minimum Gasteiger partial charge on any atom is -0.375 e. The molecule has 3 aromatic rings. The minimum atomic E-state index is -5.07. The Morgan fingerprint density at radius 2 is 1.97 bits per heavy atom. The zero-order valence-corrected chi connectivity index (χ0v) is 20.0. The number of halogens is 5. The quantitative estimate of drug-likeness (QED) is 0.395. The number of rotatable bonds is 3. The zero-order chi connectivity index (χ0) is 27.4. The topological polar surface area (TPSA) is 105 Å². The maximum Gasteiger partial charge on any atom is 0.423 e. The van der Waals surface area contributed by atoms with Crippen LogP contribution in [0.15, 0.2) is 54.6 Å². The molecule has 0 spiro atoms. The lowest BCUT2D eigenvalue weighted by molar-refractivity contribution is -0.258. The highest BCUT2D eigenvalue weighted by Crippen LogP contribution is 2.49. The third kappa shape index (κ3) is 4.02. The second kappa shape index (κ2) is 9.01. The van der Waals surface area contributed by atoms with Gasteiger partial charge in [0.25, 0.3) is 5.91 Å². The predicted octanol–water partition coefficient (Wildman–Crippen LogP) is 5.18. The average Bonchev–Trinajstić information content (AvgIpc) is 3.36. The van der Waals surface area contributed by atoms with Crippen LogP contribution < -0.4 is 15.5 Å². The van der Waals surface area contributed by atoms with Gasteiger partial charge in [0, 0.05) is 33.0 Å². The molecule has 0 aliphatic carbocycles. The maximum atomic E-state index is 14.1. The van der Waals surface area contributed by atoms with Gasteiger partial charge in [-0.15, -0.1) is 0 Å². The Kier molecular flexibility index (Phi) is 6.04. The van der Waals surface area contributed by atoms with E-state index in [0.717, 1.165) is 23.1 Å². The molecule has 0 saturated carbocycles. The van der Waals surface area contributed by atoms with Crippen molar-refractivity contribution < 1.29 is 32.3 Å².